The molecule has 6 nitrogen and oxygen atoms in total. The lowest BCUT2D eigenvalue weighted by molar-refractivity contribution is 0.0568. The van der Waals surface area contributed by atoms with E-state index in [1.807, 2.05) is 26.8 Å². The second-order valence-electron chi connectivity index (χ2n) is 10.7. The Hall–Kier alpha value is -2.58. The number of amides is 1. The van der Waals surface area contributed by atoms with Crippen LogP contribution in [-0.2, 0) is 0 Å². The molecule has 1 amide bonds. The largest absolute Gasteiger partial charge is 0.492 e. The van der Waals surface area contributed by atoms with E-state index in [1.165, 1.54) is 17.0 Å². The van der Waals surface area contributed by atoms with E-state index >= 15 is 0 Å². The summed E-state index contributed by atoms with van der Waals surface area (Å²) in [7, 11) is 0. The molecule has 2 aliphatic heterocycles. The van der Waals surface area contributed by atoms with Crippen molar-refractivity contribution >= 4 is 5.91 Å². The van der Waals surface area contributed by atoms with Gasteiger partial charge in [-0.2, -0.15) is 0 Å². The van der Waals surface area contributed by atoms with Crippen molar-refractivity contribution in [3.8, 4) is 17.0 Å². The molecule has 0 bridgehead atoms. The topological polar surface area (TPSA) is 65.9 Å². The van der Waals surface area contributed by atoms with Gasteiger partial charge in [0.2, 0.25) is 0 Å². The predicted molar refractivity (Wildman–Crippen MR) is 140 cm³/mol. The van der Waals surface area contributed by atoms with Gasteiger partial charge in [0, 0.05) is 24.7 Å². The summed E-state index contributed by atoms with van der Waals surface area (Å²) in [5.41, 5.74) is 0.0684. The molecular weight excluding hydrogens is 476 g/mol. The molecule has 2 aliphatic rings. The van der Waals surface area contributed by atoms with Crippen LogP contribution in [0.25, 0.3) is 11.3 Å². The molecule has 2 fully saturated rings. The van der Waals surface area contributed by atoms with Crippen molar-refractivity contribution in [2.24, 2.45) is 5.92 Å². The van der Waals surface area contributed by atoms with Crippen molar-refractivity contribution in [3.63, 3.8) is 0 Å². The van der Waals surface area contributed by atoms with Gasteiger partial charge in [-0.1, -0.05) is 19.9 Å². The van der Waals surface area contributed by atoms with Crippen LogP contribution >= 0.6 is 0 Å². The van der Waals surface area contributed by atoms with Gasteiger partial charge in [0.25, 0.3) is 5.91 Å². The van der Waals surface area contributed by atoms with Gasteiger partial charge in [-0.25, -0.2) is 8.78 Å². The third kappa shape index (κ3) is 6.65. The standard InChI is InChI=1S/C29H39F2N3O3/c1-4-29(31,5-2)19-33-12-10-21(11-13-33)18-37-24-7-9-27(32-16-24)22-6-8-25(26(30)15-22)28(36)34-17-23(35)14-20(34)3/h6-9,15-16,20-21,23,35H,4-5,10-14,17-19H2,1-3H3/t20-,23+/m0/s1. The molecule has 1 aromatic heterocycles. The summed E-state index contributed by atoms with van der Waals surface area (Å²) < 4.78 is 35.5. The van der Waals surface area contributed by atoms with Crippen molar-refractivity contribution in [2.75, 3.05) is 32.8 Å². The Kier molecular flexibility index (Phi) is 8.80. The SMILES string of the molecule is CCC(F)(CC)CN1CCC(COc2ccc(-c3ccc(C(=O)N4C[C@H](O)C[C@@H]4C)c(F)c3)nc2)CC1. The molecule has 202 valence electrons. The number of aliphatic hydroxyl groups excluding tert-OH is 1. The van der Waals surface area contributed by atoms with Crippen LogP contribution in [0, 0.1) is 11.7 Å². The first-order valence-corrected chi connectivity index (χ1v) is 13.5. The van der Waals surface area contributed by atoms with E-state index in [9.17, 15) is 18.7 Å². The zero-order chi connectivity index (χ0) is 26.6. The number of hydrogen-bond donors (Lipinski definition) is 1. The number of carbonyl (C=O) groups excluding carboxylic acids is 1. The van der Waals surface area contributed by atoms with Crippen molar-refractivity contribution in [1.82, 2.24) is 14.8 Å². The van der Waals surface area contributed by atoms with Crippen LogP contribution in [0.1, 0.15) is 63.2 Å². The van der Waals surface area contributed by atoms with E-state index in [-0.39, 0.29) is 18.2 Å². The fourth-order valence-electron chi connectivity index (χ4n) is 5.32. The van der Waals surface area contributed by atoms with Gasteiger partial charge in [-0.05, 0) is 82.3 Å². The molecule has 0 aliphatic carbocycles. The van der Waals surface area contributed by atoms with Crippen LogP contribution in [0.4, 0.5) is 8.78 Å². The van der Waals surface area contributed by atoms with E-state index in [1.54, 1.807) is 18.3 Å². The molecule has 1 aromatic carbocycles. The van der Waals surface area contributed by atoms with E-state index in [2.05, 4.69) is 9.88 Å². The molecule has 0 spiro atoms. The molecule has 3 heterocycles. The molecule has 8 heteroatoms. The Labute approximate surface area is 218 Å². The zero-order valence-corrected chi connectivity index (χ0v) is 22.1. The highest BCUT2D eigenvalue weighted by Crippen LogP contribution is 2.28. The summed E-state index contributed by atoms with van der Waals surface area (Å²) in [6, 6.07) is 7.97. The summed E-state index contributed by atoms with van der Waals surface area (Å²) in [6.07, 6.45) is 4.63. The highest BCUT2D eigenvalue weighted by Gasteiger charge is 2.33. The van der Waals surface area contributed by atoms with Gasteiger partial charge in [-0.15, -0.1) is 0 Å². The maximum Gasteiger partial charge on any atom is 0.257 e. The average molecular weight is 516 g/mol. The number of aromatic nitrogens is 1. The molecule has 4 rings (SSSR count). The van der Waals surface area contributed by atoms with Crippen LogP contribution in [0.5, 0.6) is 5.75 Å². The van der Waals surface area contributed by atoms with Gasteiger partial charge < -0.3 is 19.6 Å². The molecule has 0 unspecified atom stereocenters. The third-order valence-corrected chi connectivity index (χ3v) is 8.01. The normalized spacial score (nSPS) is 21.4. The first kappa shape index (κ1) is 27.5. The molecule has 2 saturated heterocycles. The Morgan fingerprint density at radius 3 is 2.49 bits per heavy atom. The lowest BCUT2D eigenvalue weighted by Gasteiger charge is -2.36. The maximum absolute atomic E-state index is 14.8. The summed E-state index contributed by atoms with van der Waals surface area (Å²) in [5.74, 6) is 0.0643. The van der Waals surface area contributed by atoms with Crippen LogP contribution in [0.15, 0.2) is 36.5 Å². The average Bonchev–Trinajstić information content (AvgIpc) is 3.25. The number of benzene rings is 1. The molecule has 0 radical (unpaired) electrons. The Morgan fingerprint density at radius 2 is 1.92 bits per heavy atom. The van der Waals surface area contributed by atoms with Crippen molar-refractivity contribution in [3.05, 3.63) is 47.9 Å². The van der Waals surface area contributed by atoms with Gasteiger partial charge in [0.05, 0.1) is 30.2 Å². The minimum atomic E-state index is -1.09. The quantitative estimate of drug-likeness (QED) is 0.503. The van der Waals surface area contributed by atoms with E-state index < -0.39 is 23.5 Å². The number of rotatable bonds is 9. The second-order valence-corrected chi connectivity index (χ2v) is 10.7. The summed E-state index contributed by atoms with van der Waals surface area (Å²) in [4.78, 5) is 20.9. The molecule has 1 N–H and O–H groups in total. The molecule has 0 saturated carbocycles. The van der Waals surface area contributed by atoms with Gasteiger partial charge in [0.1, 0.15) is 17.2 Å². The lowest BCUT2D eigenvalue weighted by atomic mass is 9.94. The van der Waals surface area contributed by atoms with Gasteiger partial charge in [-0.3, -0.25) is 9.78 Å². The van der Waals surface area contributed by atoms with Crippen LogP contribution in [-0.4, -0.2) is 76.4 Å². The molecule has 2 aromatic rings. The fraction of sp³-hybridized carbons (Fsp3) is 0.586. The summed E-state index contributed by atoms with van der Waals surface area (Å²) in [5, 5.41) is 9.81. The number of pyridine rings is 1. The minimum Gasteiger partial charge on any atom is -0.492 e. The van der Waals surface area contributed by atoms with Gasteiger partial charge >= 0.3 is 0 Å². The number of hydrogen-bond acceptors (Lipinski definition) is 5. The minimum absolute atomic E-state index is 0.00251. The Bertz CT molecular complexity index is 1050. The van der Waals surface area contributed by atoms with Crippen molar-refractivity contribution in [1.29, 1.82) is 0 Å². The molecule has 37 heavy (non-hydrogen) atoms. The highest BCUT2D eigenvalue weighted by atomic mass is 19.1. The zero-order valence-electron chi connectivity index (χ0n) is 22.1. The fourth-order valence-corrected chi connectivity index (χ4v) is 5.32. The molecule has 2 atom stereocenters. The van der Waals surface area contributed by atoms with Crippen molar-refractivity contribution < 1.29 is 23.4 Å². The number of β-amino-alcohol motifs (C(OH)–C–C–N with tert-alkyl or cyclic N) is 1. The van der Waals surface area contributed by atoms with Crippen LogP contribution in [0.2, 0.25) is 0 Å². The van der Waals surface area contributed by atoms with Gasteiger partial charge in [0.15, 0.2) is 0 Å². The summed E-state index contributed by atoms with van der Waals surface area (Å²) in [6.45, 7) is 8.78. The van der Waals surface area contributed by atoms with E-state index in [0.29, 0.717) is 55.3 Å². The first-order chi connectivity index (χ1) is 17.7. The predicted octanol–water partition coefficient (Wildman–Crippen LogP) is 5.10. The smallest absolute Gasteiger partial charge is 0.257 e. The Morgan fingerprint density at radius 1 is 1.19 bits per heavy atom. The molecular formula is C29H39F2N3O3. The number of piperidine rings is 1. The third-order valence-electron chi connectivity index (χ3n) is 8.01. The number of aliphatic hydroxyl groups is 1. The number of nitrogens with zero attached hydrogens (tertiary/aromatic N) is 3. The number of likely N-dealkylation sites (tertiary alicyclic amines) is 2. The maximum atomic E-state index is 14.8. The first-order valence-electron chi connectivity index (χ1n) is 13.5. The number of alkyl halides is 1. The number of ether oxygens (including phenoxy) is 1. The lowest BCUT2D eigenvalue weighted by Crippen LogP contribution is -2.44. The number of carbonyl (C=O) groups is 1. The van der Waals surface area contributed by atoms with E-state index in [0.717, 1.165) is 25.9 Å². The Balaban J connectivity index is 1.29. The van der Waals surface area contributed by atoms with Crippen molar-refractivity contribution in [2.45, 2.75) is 70.7 Å². The summed E-state index contributed by atoms with van der Waals surface area (Å²) >= 11 is 0. The van der Waals surface area contributed by atoms with E-state index in [4.69, 9.17) is 4.74 Å². The highest BCUT2D eigenvalue weighted by molar-refractivity contribution is 5.95. The van der Waals surface area contributed by atoms with Crippen LogP contribution < -0.4 is 4.74 Å². The second kappa shape index (κ2) is 11.9. The monoisotopic (exact) mass is 515 g/mol. The van der Waals surface area contributed by atoms with Crippen LogP contribution in [0.3, 0.4) is 0 Å². The number of halogens is 2.